The molecule has 1 amide bonds. The van der Waals surface area contributed by atoms with Gasteiger partial charge in [0, 0.05) is 18.0 Å². The zero-order valence-corrected chi connectivity index (χ0v) is 21.0. The van der Waals surface area contributed by atoms with Gasteiger partial charge in [0.25, 0.3) is 5.91 Å². The highest BCUT2D eigenvalue weighted by molar-refractivity contribution is 8.18. The second kappa shape index (κ2) is 10.3. The maximum absolute atomic E-state index is 12.9. The number of hydrogen-bond acceptors (Lipinski definition) is 6. The molecule has 0 saturated carbocycles. The molecule has 1 fully saturated rings. The number of hydrogen-bond donors (Lipinski definition) is 0. The van der Waals surface area contributed by atoms with Gasteiger partial charge in [0.15, 0.2) is 5.17 Å². The van der Waals surface area contributed by atoms with Crippen LogP contribution in [0.1, 0.15) is 16.7 Å². The number of amidine groups is 1. The molecule has 174 valence electrons. The first kappa shape index (κ1) is 23.1. The van der Waals surface area contributed by atoms with Crippen LogP contribution in [0.4, 0.5) is 5.13 Å². The minimum absolute atomic E-state index is 0.0837. The van der Waals surface area contributed by atoms with E-state index in [4.69, 9.17) is 4.74 Å². The van der Waals surface area contributed by atoms with E-state index in [0.717, 1.165) is 28.1 Å². The monoisotopic (exact) mass is 497 g/mol. The number of nitrogens with zero attached hydrogens (tertiary/aromatic N) is 3. The summed E-state index contributed by atoms with van der Waals surface area (Å²) in [5.41, 5.74) is 5.16. The minimum Gasteiger partial charge on any atom is -0.489 e. The van der Waals surface area contributed by atoms with Gasteiger partial charge >= 0.3 is 0 Å². The average Bonchev–Trinajstić information content (AvgIpc) is 3.45. The Kier molecular flexibility index (Phi) is 6.79. The smallest absolute Gasteiger partial charge is 0.266 e. The van der Waals surface area contributed by atoms with Gasteiger partial charge in [-0.25, -0.2) is 4.98 Å². The summed E-state index contributed by atoms with van der Waals surface area (Å²) in [6.45, 7) is 2.56. The van der Waals surface area contributed by atoms with E-state index in [2.05, 4.69) is 41.2 Å². The summed E-state index contributed by atoms with van der Waals surface area (Å²) in [5, 5.41) is 3.22. The van der Waals surface area contributed by atoms with Crippen LogP contribution in [0.2, 0.25) is 0 Å². The number of aliphatic imine (C=N–C) groups is 1. The Balaban J connectivity index is 1.30. The largest absolute Gasteiger partial charge is 0.489 e. The number of rotatable bonds is 6. The summed E-state index contributed by atoms with van der Waals surface area (Å²) in [7, 11) is 1.74. The van der Waals surface area contributed by atoms with Crippen LogP contribution in [0, 0.1) is 6.92 Å². The third kappa shape index (κ3) is 5.53. The van der Waals surface area contributed by atoms with Gasteiger partial charge in [-0.1, -0.05) is 72.3 Å². The fraction of sp³-hybridized carbons (Fsp3) is 0.107. The number of ether oxygens (including phenoxy) is 1. The molecule has 0 atom stereocenters. The molecule has 0 bridgehead atoms. The van der Waals surface area contributed by atoms with Crippen molar-refractivity contribution in [2.24, 2.45) is 4.99 Å². The molecule has 0 aliphatic carbocycles. The molecule has 2 heterocycles. The van der Waals surface area contributed by atoms with Crippen LogP contribution in [-0.4, -0.2) is 28.0 Å². The van der Waals surface area contributed by atoms with E-state index in [1.807, 2.05) is 66.1 Å². The van der Waals surface area contributed by atoms with Crippen LogP contribution in [0.5, 0.6) is 5.75 Å². The fourth-order valence-corrected chi connectivity index (χ4v) is 5.21. The van der Waals surface area contributed by atoms with Gasteiger partial charge in [0.2, 0.25) is 5.13 Å². The third-order valence-corrected chi connectivity index (χ3v) is 7.23. The van der Waals surface area contributed by atoms with Crippen LogP contribution in [0.3, 0.4) is 0 Å². The van der Waals surface area contributed by atoms with Gasteiger partial charge < -0.3 is 4.74 Å². The van der Waals surface area contributed by atoms with E-state index < -0.39 is 0 Å². The first-order chi connectivity index (χ1) is 17.0. The summed E-state index contributed by atoms with van der Waals surface area (Å²) in [5.74, 6) is 0.674. The van der Waals surface area contributed by atoms with Crippen molar-refractivity contribution in [2.45, 2.75) is 13.5 Å². The van der Waals surface area contributed by atoms with Crippen LogP contribution in [0.15, 0.2) is 94.1 Å². The van der Waals surface area contributed by atoms with Crippen LogP contribution < -0.4 is 4.74 Å². The maximum Gasteiger partial charge on any atom is 0.266 e. The molecule has 0 unspecified atom stereocenters. The van der Waals surface area contributed by atoms with E-state index >= 15 is 0 Å². The Hall–Kier alpha value is -3.68. The average molecular weight is 498 g/mol. The summed E-state index contributed by atoms with van der Waals surface area (Å²) in [6.07, 6.45) is 1.88. The summed E-state index contributed by atoms with van der Waals surface area (Å²) in [4.78, 5) is 24.3. The lowest BCUT2D eigenvalue weighted by atomic mass is 10.1. The molecule has 0 spiro atoms. The zero-order valence-electron chi connectivity index (χ0n) is 19.3. The predicted octanol–water partition coefficient (Wildman–Crippen LogP) is 6.93. The minimum atomic E-state index is -0.0837. The molecule has 4 aromatic rings. The van der Waals surface area contributed by atoms with E-state index in [-0.39, 0.29) is 5.91 Å². The zero-order chi connectivity index (χ0) is 24.2. The van der Waals surface area contributed by atoms with Crippen molar-refractivity contribution in [3.63, 3.8) is 0 Å². The molecule has 1 aliphatic heterocycles. The number of aromatic nitrogens is 1. The molecule has 35 heavy (non-hydrogen) atoms. The predicted molar refractivity (Wildman–Crippen MR) is 145 cm³/mol. The van der Waals surface area contributed by atoms with Crippen molar-refractivity contribution in [2.75, 3.05) is 7.05 Å². The Morgan fingerprint density at radius 1 is 1.03 bits per heavy atom. The molecule has 5 nitrogen and oxygen atoms in total. The van der Waals surface area contributed by atoms with Crippen molar-refractivity contribution in [3.05, 3.63) is 106 Å². The van der Waals surface area contributed by atoms with E-state index in [1.165, 1.54) is 28.7 Å². The molecule has 7 heteroatoms. The van der Waals surface area contributed by atoms with Gasteiger partial charge in [-0.05, 0) is 48.0 Å². The maximum atomic E-state index is 12.9. The quantitative estimate of drug-likeness (QED) is 0.271. The number of carbonyl (C=O) groups excluding carboxylic acids is 1. The topological polar surface area (TPSA) is 54.8 Å². The lowest BCUT2D eigenvalue weighted by Crippen LogP contribution is -2.23. The molecule has 1 aromatic heterocycles. The Labute approximate surface area is 212 Å². The summed E-state index contributed by atoms with van der Waals surface area (Å²) >= 11 is 2.81. The standard InChI is InChI=1S/C28H23N3O2S2/c1-19-11-13-20(14-12-19)17-33-23-10-6-7-21(15-23)16-25-26(32)31(2)28(35-25)30-27-29-24(18-34-27)22-8-4-3-5-9-22/h3-16,18H,17H2,1-2H3/b25-16-,30-28+. The van der Waals surface area contributed by atoms with Crippen molar-refractivity contribution in [1.82, 2.24) is 9.88 Å². The van der Waals surface area contributed by atoms with Crippen molar-refractivity contribution in [3.8, 4) is 17.0 Å². The Morgan fingerprint density at radius 2 is 1.83 bits per heavy atom. The number of carbonyl (C=O) groups is 1. The van der Waals surface area contributed by atoms with Crippen LogP contribution in [-0.2, 0) is 11.4 Å². The number of aryl methyl sites for hydroxylation is 1. The fourth-order valence-electron chi connectivity index (χ4n) is 3.49. The number of benzene rings is 3. The van der Waals surface area contributed by atoms with Gasteiger partial charge in [-0.15, -0.1) is 11.3 Å². The molecular weight excluding hydrogens is 474 g/mol. The third-order valence-electron chi connectivity index (χ3n) is 5.44. The van der Waals surface area contributed by atoms with Gasteiger partial charge in [-0.3, -0.25) is 9.69 Å². The lowest BCUT2D eigenvalue weighted by Gasteiger charge is -2.07. The Morgan fingerprint density at radius 3 is 2.63 bits per heavy atom. The highest BCUT2D eigenvalue weighted by Gasteiger charge is 2.30. The summed E-state index contributed by atoms with van der Waals surface area (Å²) < 4.78 is 5.96. The first-order valence-corrected chi connectivity index (χ1v) is 12.8. The number of thioether (sulfide) groups is 1. The van der Waals surface area contributed by atoms with Crippen LogP contribution >= 0.6 is 23.1 Å². The van der Waals surface area contributed by atoms with Crippen molar-refractivity contribution in [1.29, 1.82) is 0 Å². The lowest BCUT2D eigenvalue weighted by molar-refractivity contribution is -0.121. The van der Waals surface area contributed by atoms with Gasteiger partial charge in [0.1, 0.15) is 12.4 Å². The molecule has 0 N–H and O–H groups in total. The van der Waals surface area contributed by atoms with Gasteiger partial charge in [-0.2, -0.15) is 4.99 Å². The second-order valence-electron chi connectivity index (χ2n) is 8.10. The van der Waals surface area contributed by atoms with E-state index in [9.17, 15) is 4.79 Å². The first-order valence-electron chi connectivity index (χ1n) is 11.1. The molecule has 3 aromatic carbocycles. The highest BCUT2D eigenvalue weighted by Crippen LogP contribution is 2.35. The highest BCUT2D eigenvalue weighted by atomic mass is 32.2. The molecular formula is C28H23N3O2S2. The van der Waals surface area contributed by atoms with E-state index in [1.54, 1.807) is 11.9 Å². The molecule has 5 rings (SSSR count). The number of thiazole rings is 1. The van der Waals surface area contributed by atoms with Crippen LogP contribution in [0.25, 0.3) is 17.3 Å². The van der Waals surface area contributed by atoms with Crippen molar-refractivity contribution < 1.29 is 9.53 Å². The second-order valence-corrected chi connectivity index (χ2v) is 9.94. The number of likely N-dealkylation sites (N-methyl/N-ethyl adjacent to an activating group) is 1. The normalized spacial score (nSPS) is 15.8. The Bertz CT molecular complexity index is 1410. The molecule has 0 radical (unpaired) electrons. The van der Waals surface area contributed by atoms with Crippen molar-refractivity contribution >= 4 is 45.4 Å². The van der Waals surface area contributed by atoms with E-state index in [0.29, 0.717) is 21.8 Å². The molecule has 1 aliphatic rings. The summed E-state index contributed by atoms with van der Waals surface area (Å²) in [6, 6.07) is 26.0. The van der Waals surface area contributed by atoms with Gasteiger partial charge in [0.05, 0.1) is 10.6 Å². The SMILES string of the molecule is Cc1ccc(COc2cccc(/C=C3\S/C(=N/c4nc(-c5ccccc5)cs4)N(C)C3=O)c2)cc1. The number of amides is 1. The molecule has 1 saturated heterocycles.